The van der Waals surface area contributed by atoms with Crippen LogP contribution in [0.2, 0.25) is 0 Å². The predicted octanol–water partition coefficient (Wildman–Crippen LogP) is 3.58. The first kappa shape index (κ1) is 29.3. The number of nitrogens with zero attached hydrogens (tertiary/aromatic N) is 3. The van der Waals surface area contributed by atoms with Gasteiger partial charge < -0.3 is 20.3 Å². The van der Waals surface area contributed by atoms with E-state index in [4.69, 9.17) is 4.74 Å². The molecule has 0 atom stereocenters. The van der Waals surface area contributed by atoms with E-state index in [-0.39, 0.29) is 29.2 Å². The van der Waals surface area contributed by atoms with Crippen molar-refractivity contribution in [2.24, 2.45) is 5.41 Å². The van der Waals surface area contributed by atoms with Crippen LogP contribution in [-0.4, -0.2) is 65.6 Å². The number of aromatic nitrogens is 2. The molecule has 5 rings (SSSR count). The van der Waals surface area contributed by atoms with E-state index in [0.717, 1.165) is 79.2 Å². The fourth-order valence-corrected chi connectivity index (χ4v) is 7.02. The zero-order valence-electron chi connectivity index (χ0n) is 24.2. The van der Waals surface area contributed by atoms with Gasteiger partial charge in [-0.15, -0.1) is 11.3 Å². The van der Waals surface area contributed by atoms with Gasteiger partial charge in [0.15, 0.2) is 0 Å². The van der Waals surface area contributed by atoms with Crippen molar-refractivity contribution in [2.45, 2.75) is 65.3 Å². The Hall–Kier alpha value is -3.24. The number of thiophene rings is 1. The maximum absolute atomic E-state index is 13.3. The van der Waals surface area contributed by atoms with Crippen LogP contribution in [0.1, 0.15) is 54.5 Å². The number of aryl methyl sites for hydroxylation is 4. The van der Waals surface area contributed by atoms with Crippen molar-refractivity contribution in [3.63, 3.8) is 0 Å². The van der Waals surface area contributed by atoms with Gasteiger partial charge >= 0.3 is 0 Å². The smallest absolute Gasteiger partial charge is 0.262 e. The maximum Gasteiger partial charge on any atom is 0.262 e. The standard InChI is InChI=1S/C31H41N5O4S/c1-22-23(2)41-28-27(22)29(38)36(21-34-28)16-10-26(37)32-14-19-35-17-12-31(13-18-35)11-6-5-8-24-7-3-4-9-25(24)40-20-15-33-30(31)39/h3-4,7,9,21H,5-6,8,10-20H2,1-2H3,(H,32,37)(H,33,39). The Labute approximate surface area is 245 Å². The summed E-state index contributed by atoms with van der Waals surface area (Å²) < 4.78 is 7.49. The van der Waals surface area contributed by atoms with Crippen molar-refractivity contribution in [3.05, 3.63) is 57.0 Å². The van der Waals surface area contributed by atoms with Crippen LogP contribution in [0.25, 0.3) is 10.2 Å². The Kier molecular flexibility index (Phi) is 9.39. The molecule has 1 saturated heterocycles. The number of rotatable bonds is 6. The largest absolute Gasteiger partial charge is 0.491 e. The minimum absolute atomic E-state index is 0.0776. The number of carbonyl (C=O) groups excluding carboxylic acids is 2. The minimum Gasteiger partial charge on any atom is -0.491 e. The first-order chi connectivity index (χ1) is 19.9. The Morgan fingerprint density at radius 3 is 2.76 bits per heavy atom. The summed E-state index contributed by atoms with van der Waals surface area (Å²) in [4.78, 5) is 47.3. The molecule has 3 aromatic rings. The quantitative estimate of drug-likeness (QED) is 0.463. The lowest BCUT2D eigenvalue weighted by molar-refractivity contribution is -0.134. The van der Waals surface area contributed by atoms with Crippen LogP contribution < -0.4 is 20.9 Å². The molecule has 0 unspecified atom stereocenters. The molecule has 0 bridgehead atoms. The highest BCUT2D eigenvalue weighted by Gasteiger charge is 2.40. The molecule has 2 aliphatic heterocycles. The SMILES string of the molecule is Cc1sc2ncn(CCC(=O)NCCN3CCC4(CCCCc5ccccc5OCCNC4=O)CC3)c(=O)c2c1C. The third-order valence-electron chi connectivity index (χ3n) is 8.75. The highest BCUT2D eigenvalue weighted by atomic mass is 32.1. The number of hydrogen-bond donors (Lipinski definition) is 2. The van der Waals surface area contributed by atoms with Gasteiger partial charge in [-0.3, -0.25) is 19.0 Å². The molecule has 1 spiro atoms. The monoisotopic (exact) mass is 579 g/mol. The van der Waals surface area contributed by atoms with Crippen LogP contribution in [-0.2, 0) is 22.6 Å². The molecule has 1 fully saturated rings. The maximum atomic E-state index is 13.3. The number of likely N-dealkylation sites (tertiary alicyclic amines) is 1. The molecule has 2 amide bonds. The molecule has 4 heterocycles. The van der Waals surface area contributed by atoms with E-state index in [1.165, 1.54) is 21.5 Å². The number of benzene rings is 1. The summed E-state index contributed by atoms with van der Waals surface area (Å²) in [5, 5.41) is 6.80. The zero-order valence-corrected chi connectivity index (χ0v) is 25.0. The van der Waals surface area contributed by atoms with Gasteiger partial charge in [-0.25, -0.2) is 4.98 Å². The van der Waals surface area contributed by atoms with Gasteiger partial charge in [0.1, 0.15) is 17.2 Å². The molecule has 0 saturated carbocycles. The summed E-state index contributed by atoms with van der Waals surface area (Å²) in [7, 11) is 0. The summed E-state index contributed by atoms with van der Waals surface area (Å²) in [6.07, 6.45) is 7.33. The number of hydrogen-bond acceptors (Lipinski definition) is 7. The molecular formula is C31H41N5O4S. The normalized spacial score (nSPS) is 18.1. The fourth-order valence-electron chi connectivity index (χ4n) is 6.03. The van der Waals surface area contributed by atoms with Crippen LogP contribution in [0.3, 0.4) is 0 Å². The van der Waals surface area contributed by atoms with Crippen molar-refractivity contribution in [2.75, 3.05) is 39.3 Å². The lowest BCUT2D eigenvalue weighted by Gasteiger charge is -2.41. The van der Waals surface area contributed by atoms with Gasteiger partial charge in [-0.1, -0.05) is 24.6 Å². The average molecular weight is 580 g/mol. The Morgan fingerprint density at radius 2 is 1.93 bits per heavy atom. The van der Waals surface area contributed by atoms with Gasteiger partial charge in [-0.2, -0.15) is 0 Å². The molecule has 9 nitrogen and oxygen atoms in total. The van der Waals surface area contributed by atoms with Crippen LogP contribution in [0.5, 0.6) is 5.75 Å². The van der Waals surface area contributed by atoms with Crippen molar-refractivity contribution < 1.29 is 14.3 Å². The first-order valence-electron chi connectivity index (χ1n) is 14.8. The Bertz CT molecular complexity index is 1440. The number of ether oxygens (including phenoxy) is 1. The summed E-state index contributed by atoms with van der Waals surface area (Å²) in [5.74, 6) is 0.998. The third kappa shape index (κ3) is 6.81. The molecule has 0 radical (unpaired) electrons. The second-order valence-electron chi connectivity index (χ2n) is 11.3. The Balaban J connectivity index is 1.07. The lowest BCUT2D eigenvalue weighted by Crippen LogP contribution is -2.50. The van der Waals surface area contributed by atoms with E-state index in [1.54, 1.807) is 6.33 Å². The molecule has 41 heavy (non-hydrogen) atoms. The number of para-hydroxylation sites is 1. The van der Waals surface area contributed by atoms with Gasteiger partial charge in [0, 0.05) is 30.9 Å². The topological polar surface area (TPSA) is 106 Å². The van der Waals surface area contributed by atoms with Crippen LogP contribution >= 0.6 is 11.3 Å². The molecule has 0 aliphatic carbocycles. The number of piperidine rings is 1. The van der Waals surface area contributed by atoms with Crippen molar-refractivity contribution in [1.82, 2.24) is 25.1 Å². The number of fused-ring (bicyclic) bond motifs is 2. The second-order valence-corrected chi connectivity index (χ2v) is 12.6. The molecule has 2 aromatic heterocycles. The highest BCUT2D eigenvalue weighted by Crippen LogP contribution is 2.37. The summed E-state index contributed by atoms with van der Waals surface area (Å²) in [6.45, 7) is 8.18. The van der Waals surface area contributed by atoms with E-state index >= 15 is 0 Å². The van der Waals surface area contributed by atoms with Gasteiger partial charge in [0.05, 0.1) is 23.7 Å². The fraction of sp³-hybridized carbons (Fsp3) is 0.548. The predicted molar refractivity (Wildman–Crippen MR) is 162 cm³/mol. The lowest BCUT2D eigenvalue weighted by atomic mass is 9.73. The summed E-state index contributed by atoms with van der Waals surface area (Å²) in [6, 6.07) is 8.19. The van der Waals surface area contributed by atoms with Gasteiger partial charge in [0.2, 0.25) is 11.8 Å². The third-order valence-corrected chi connectivity index (χ3v) is 9.87. The van der Waals surface area contributed by atoms with E-state index in [1.807, 2.05) is 26.0 Å². The van der Waals surface area contributed by atoms with E-state index in [9.17, 15) is 14.4 Å². The molecule has 1 aromatic carbocycles. The second kappa shape index (κ2) is 13.2. The van der Waals surface area contributed by atoms with Crippen LogP contribution in [0.4, 0.5) is 0 Å². The molecular weight excluding hydrogens is 538 g/mol. The van der Waals surface area contributed by atoms with Crippen molar-refractivity contribution in [3.8, 4) is 5.75 Å². The average Bonchev–Trinajstić information content (AvgIpc) is 3.27. The summed E-state index contributed by atoms with van der Waals surface area (Å²) >= 11 is 1.53. The molecule has 10 heteroatoms. The van der Waals surface area contributed by atoms with Crippen LogP contribution in [0.15, 0.2) is 35.4 Å². The summed E-state index contributed by atoms with van der Waals surface area (Å²) in [5.41, 5.74) is 1.79. The number of nitrogens with one attached hydrogen (secondary N) is 2. The minimum atomic E-state index is -0.333. The molecule has 220 valence electrons. The van der Waals surface area contributed by atoms with Gasteiger partial charge in [-0.05, 0) is 76.2 Å². The molecule has 2 N–H and O–H groups in total. The number of amides is 2. The van der Waals surface area contributed by atoms with Crippen molar-refractivity contribution in [1.29, 1.82) is 0 Å². The van der Waals surface area contributed by atoms with Gasteiger partial charge in [0.25, 0.3) is 5.56 Å². The van der Waals surface area contributed by atoms with E-state index in [0.29, 0.717) is 31.6 Å². The van der Waals surface area contributed by atoms with E-state index in [2.05, 4.69) is 32.7 Å². The van der Waals surface area contributed by atoms with Crippen LogP contribution in [0, 0.1) is 19.3 Å². The number of carbonyl (C=O) groups is 2. The highest BCUT2D eigenvalue weighted by molar-refractivity contribution is 7.18. The molecule has 2 aliphatic rings. The first-order valence-corrected chi connectivity index (χ1v) is 15.6. The zero-order chi connectivity index (χ0) is 28.8. The van der Waals surface area contributed by atoms with E-state index < -0.39 is 0 Å². The Morgan fingerprint density at radius 1 is 1.12 bits per heavy atom. The van der Waals surface area contributed by atoms with Crippen molar-refractivity contribution >= 4 is 33.4 Å².